The maximum absolute atomic E-state index is 10.6. The van der Waals surface area contributed by atoms with Gasteiger partial charge in [0.1, 0.15) is 0 Å². The second-order valence-electron chi connectivity index (χ2n) is 3.91. The van der Waals surface area contributed by atoms with Crippen molar-refractivity contribution in [2.45, 2.75) is 18.9 Å². The average molecular weight is 218 g/mol. The van der Waals surface area contributed by atoms with Crippen LogP contribution in [-0.4, -0.2) is 17.5 Å². The van der Waals surface area contributed by atoms with E-state index in [-0.39, 0.29) is 10.6 Å². The van der Waals surface area contributed by atoms with Crippen LogP contribution in [0.3, 0.4) is 0 Å². The van der Waals surface area contributed by atoms with Gasteiger partial charge in [0.05, 0.1) is 4.92 Å². The summed E-state index contributed by atoms with van der Waals surface area (Å²) in [4.78, 5) is 10.2. The molecule has 4 nitrogen and oxygen atoms in total. The van der Waals surface area contributed by atoms with Crippen molar-refractivity contribution in [3.63, 3.8) is 0 Å². The van der Waals surface area contributed by atoms with Gasteiger partial charge in [-0.3, -0.25) is 10.1 Å². The van der Waals surface area contributed by atoms with Gasteiger partial charge in [-0.15, -0.1) is 0 Å². The molecule has 1 unspecified atom stereocenters. The zero-order valence-corrected chi connectivity index (χ0v) is 8.93. The van der Waals surface area contributed by atoms with E-state index in [1.807, 2.05) is 12.1 Å². The normalized spacial score (nSPS) is 20.4. The molecule has 4 heteroatoms. The second-order valence-corrected chi connectivity index (χ2v) is 3.91. The summed E-state index contributed by atoms with van der Waals surface area (Å²) >= 11 is 0. The predicted octanol–water partition coefficient (Wildman–Crippen LogP) is 2.36. The van der Waals surface area contributed by atoms with E-state index >= 15 is 0 Å². The fourth-order valence-corrected chi connectivity index (χ4v) is 1.85. The van der Waals surface area contributed by atoms with Crippen LogP contribution in [0.1, 0.15) is 18.4 Å². The predicted molar refractivity (Wildman–Crippen MR) is 63.2 cm³/mol. The number of nitrogens with zero attached hydrogens (tertiary/aromatic N) is 1. The van der Waals surface area contributed by atoms with Gasteiger partial charge in [0.25, 0.3) is 5.69 Å². The smallest absolute Gasteiger partial charge is 0.270 e. The molecule has 0 spiro atoms. The largest absolute Gasteiger partial charge is 0.311 e. The third kappa shape index (κ3) is 2.67. The van der Waals surface area contributed by atoms with Gasteiger partial charge < -0.3 is 5.32 Å². The molecule has 0 saturated carbocycles. The maximum atomic E-state index is 10.6. The Bertz CT molecular complexity index is 409. The third-order valence-corrected chi connectivity index (χ3v) is 2.70. The topological polar surface area (TPSA) is 55.2 Å². The van der Waals surface area contributed by atoms with Crippen LogP contribution >= 0.6 is 0 Å². The first-order valence-corrected chi connectivity index (χ1v) is 5.42. The maximum Gasteiger partial charge on any atom is 0.270 e. The SMILES string of the molecule is O=[N+]([O-])c1cccc(/C=C/C2CCCN2)c1. The molecular weight excluding hydrogens is 204 g/mol. The number of nitrogens with one attached hydrogen (secondary N) is 1. The molecule has 0 bridgehead atoms. The monoisotopic (exact) mass is 218 g/mol. The van der Waals surface area contributed by atoms with Crippen LogP contribution in [0.4, 0.5) is 5.69 Å². The molecule has 84 valence electrons. The lowest BCUT2D eigenvalue weighted by Gasteiger charge is -2.01. The lowest BCUT2D eigenvalue weighted by molar-refractivity contribution is -0.384. The number of hydrogen-bond acceptors (Lipinski definition) is 3. The molecule has 1 aliphatic heterocycles. The van der Waals surface area contributed by atoms with Gasteiger partial charge in [0.15, 0.2) is 0 Å². The summed E-state index contributed by atoms with van der Waals surface area (Å²) in [6.45, 7) is 1.06. The van der Waals surface area contributed by atoms with E-state index in [1.165, 1.54) is 12.5 Å². The molecule has 0 radical (unpaired) electrons. The van der Waals surface area contributed by atoms with Crippen LogP contribution in [0.15, 0.2) is 30.3 Å². The van der Waals surface area contributed by atoms with Crippen molar-refractivity contribution in [3.05, 3.63) is 46.0 Å². The van der Waals surface area contributed by atoms with Gasteiger partial charge >= 0.3 is 0 Å². The summed E-state index contributed by atoms with van der Waals surface area (Å²) in [5.74, 6) is 0. The molecule has 0 amide bonds. The standard InChI is InChI=1S/C12H14N2O2/c15-14(16)12-5-1-3-10(9-12)6-7-11-4-2-8-13-11/h1,3,5-7,9,11,13H,2,4,8H2/b7-6+. The Morgan fingerprint density at radius 3 is 3.06 bits per heavy atom. The molecule has 0 aromatic heterocycles. The zero-order valence-electron chi connectivity index (χ0n) is 8.93. The Hall–Kier alpha value is -1.68. The highest BCUT2D eigenvalue weighted by Crippen LogP contribution is 2.15. The van der Waals surface area contributed by atoms with Gasteiger partial charge in [0, 0.05) is 18.2 Å². The number of nitro groups is 1. The fraction of sp³-hybridized carbons (Fsp3) is 0.333. The molecule has 16 heavy (non-hydrogen) atoms. The lowest BCUT2D eigenvalue weighted by Crippen LogP contribution is -2.17. The van der Waals surface area contributed by atoms with Crippen molar-refractivity contribution in [1.82, 2.24) is 5.32 Å². The van der Waals surface area contributed by atoms with Gasteiger partial charge in [-0.1, -0.05) is 24.3 Å². The van der Waals surface area contributed by atoms with Crippen molar-refractivity contribution in [3.8, 4) is 0 Å². The third-order valence-electron chi connectivity index (χ3n) is 2.70. The van der Waals surface area contributed by atoms with E-state index in [0.29, 0.717) is 6.04 Å². The molecule has 1 aliphatic rings. The summed E-state index contributed by atoms with van der Waals surface area (Å²) in [5.41, 5.74) is 1.02. The molecule has 1 atom stereocenters. The van der Waals surface area contributed by atoms with Crippen molar-refractivity contribution in [1.29, 1.82) is 0 Å². The number of nitro benzene ring substituents is 1. The minimum Gasteiger partial charge on any atom is -0.311 e. The Kier molecular flexibility index (Phi) is 3.31. The lowest BCUT2D eigenvalue weighted by atomic mass is 10.1. The molecule has 0 aliphatic carbocycles. The van der Waals surface area contributed by atoms with Crippen LogP contribution in [0, 0.1) is 10.1 Å². The summed E-state index contributed by atoms with van der Waals surface area (Å²) in [6.07, 6.45) is 6.36. The van der Waals surface area contributed by atoms with E-state index in [2.05, 4.69) is 11.4 Å². The van der Waals surface area contributed by atoms with E-state index < -0.39 is 0 Å². The summed E-state index contributed by atoms with van der Waals surface area (Å²) in [6, 6.07) is 7.09. The van der Waals surface area contributed by atoms with Gasteiger partial charge in [0.2, 0.25) is 0 Å². The number of benzene rings is 1. The molecule has 1 saturated heterocycles. The van der Waals surface area contributed by atoms with Crippen LogP contribution in [0.5, 0.6) is 0 Å². The van der Waals surface area contributed by atoms with Gasteiger partial charge in [-0.05, 0) is 24.9 Å². The molecule has 1 heterocycles. The van der Waals surface area contributed by atoms with Crippen molar-refractivity contribution in [2.75, 3.05) is 6.54 Å². The molecular formula is C12H14N2O2. The van der Waals surface area contributed by atoms with Crippen LogP contribution in [0.25, 0.3) is 6.08 Å². The van der Waals surface area contributed by atoms with Crippen LogP contribution in [-0.2, 0) is 0 Å². The summed E-state index contributed by atoms with van der Waals surface area (Å²) < 4.78 is 0. The minimum absolute atomic E-state index is 0.140. The summed E-state index contributed by atoms with van der Waals surface area (Å²) in [7, 11) is 0. The van der Waals surface area contributed by atoms with Crippen LogP contribution < -0.4 is 5.32 Å². The number of hydrogen-bond donors (Lipinski definition) is 1. The van der Waals surface area contributed by atoms with Gasteiger partial charge in [-0.2, -0.15) is 0 Å². The number of rotatable bonds is 3. The van der Waals surface area contributed by atoms with Crippen molar-refractivity contribution < 1.29 is 4.92 Å². The summed E-state index contributed by atoms with van der Waals surface area (Å²) in [5, 5.41) is 13.9. The van der Waals surface area contributed by atoms with Gasteiger partial charge in [-0.25, -0.2) is 0 Å². The van der Waals surface area contributed by atoms with E-state index in [4.69, 9.17) is 0 Å². The van der Waals surface area contributed by atoms with E-state index in [1.54, 1.807) is 12.1 Å². The Morgan fingerprint density at radius 2 is 2.38 bits per heavy atom. The van der Waals surface area contributed by atoms with Crippen molar-refractivity contribution in [2.24, 2.45) is 0 Å². The molecule has 1 aromatic rings. The molecule has 2 rings (SSSR count). The molecule has 1 fully saturated rings. The average Bonchev–Trinajstić information content (AvgIpc) is 2.79. The van der Waals surface area contributed by atoms with Crippen molar-refractivity contribution >= 4 is 11.8 Å². The number of non-ortho nitro benzene ring substituents is 1. The first-order valence-electron chi connectivity index (χ1n) is 5.42. The highest BCUT2D eigenvalue weighted by Gasteiger charge is 2.10. The first kappa shape index (κ1) is 10.8. The highest BCUT2D eigenvalue weighted by atomic mass is 16.6. The van der Waals surface area contributed by atoms with E-state index in [9.17, 15) is 10.1 Å². The van der Waals surface area contributed by atoms with E-state index in [0.717, 1.165) is 18.5 Å². The Labute approximate surface area is 94.1 Å². The Balaban J connectivity index is 2.08. The first-order chi connectivity index (χ1) is 7.75. The fourth-order valence-electron chi connectivity index (χ4n) is 1.85. The molecule has 1 N–H and O–H groups in total. The second kappa shape index (κ2) is 4.90. The minimum atomic E-state index is -0.370. The zero-order chi connectivity index (χ0) is 11.4. The Morgan fingerprint density at radius 1 is 1.50 bits per heavy atom. The highest BCUT2D eigenvalue weighted by molar-refractivity contribution is 5.54. The quantitative estimate of drug-likeness (QED) is 0.626. The van der Waals surface area contributed by atoms with Crippen LogP contribution in [0.2, 0.25) is 0 Å². The molecule has 1 aromatic carbocycles.